The Morgan fingerprint density at radius 2 is 2.07 bits per heavy atom. The second-order valence-corrected chi connectivity index (χ2v) is 7.58. The van der Waals surface area contributed by atoms with E-state index < -0.39 is 0 Å². The Labute approximate surface area is 169 Å². The van der Waals surface area contributed by atoms with Crippen LogP contribution in [0.3, 0.4) is 0 Å². The summed E-state index contributed by atoms with van der Waals surface area (Å²) in [5.74, 6) is 0.146. The average molecular weight is 394 g/mol. The zero-order valence-electron chi connectivity index (χ0n) is 16.6. The molecule has 0 bridgehead atoms. The summed E-state index contributed by atoms with van der Waals surface area (Å²) in [4.78, 5) is 26.9. The number of nitrogens with one attached hydrogen (secondary N) is 1. The number of nitrogens with zero attached hydrogens (tertiary/aromatic N) is 3. The van der Waals surface area contributed by atoms with E-state index in [1.54, 1.807) is 18.2 Å². The first-order valence-corrected chi connectivity index (χ1v) is 10.2. The summed E-state index contributed by atoms with van der Waals surface area (Å²) in [5, 5.41) is 8.26. The van der Waals surface area contributed by atoms with Crippen LogP contribution in [0.1, 0.15) is 35.5 Å². The van der Waals surface area contributed by atoms with Gasteiger partial charge in [0.15, 0.2) is 5.76 Å². The van der Waals surface area contributed by atoms with Crippen LogP contribution >= 0.6 is 0 Å². The molecule has 7 heteroatoms. The highest BCUT2D eigenvalue weighted by Gasteiger charge is 2.23. The molecule has 1 saturated heterocycles. The number of carbonyl (C=O) groups is 1. The molecule has 3 heterocycles. The third-order valence-corrected chi connectivity index (χ3v) is 5.50. The zero-order valence-corrected chi connectivity index (χ0v) is 16.6. The van der Waals surface area contributed by atoms with Crippen LogP contribution in [-0.2, 0) is 6.54 Å². The van der Waals surface area contributed by atoms with Gasteiger partial charge in [0, 0.05) is 30.6 Å². The van der Waals surface area contributed by atoms with E-state index in [-0.39, 0.29) is 17.5 Å². The molecule has 0 spiro atoms. The maximum Gasteiger partial charge on any atom is 0.287 e. The number of likely N-dealkylation sites (tertiary alicyclic amines) is 1. The first-order chi connectivity index (χ1) is 14.1. The van der Waals surface area contributed by atoms with E-state index in [1.807, 2.05) is 31.2 Å². The molecular formula is C22H26N4O3. The highest BCUT2D eigenvalue weighted by atomic mass is 16.3. The summed E-state index contributed by atoms with van der Waals surface area (Å²) >= 11 is 0. The maximum atomic E-state index is 12.5. The molecule has 1 unspecified atom stereocenters. The van der Waals surface area contributed by atoms with E-state index in [0.29, 0.717) is 24.4 Å². The molecule has 1 aliphatic heterocycles. The van der Waals surface area contributed by atoms with Crippen LogP contribution in [-0.4, -0.2) is 46.3 Å². The number of rotatable bonds is 6. The van der Waals surface area contributed by atoms with Crippen LogP contribution in [0.5, 0.6) is 0 Å². The highest BCUT2D eigenvalue weighted by molar-refractivity contribution is 5.96. The van der Waals surface area contributed by atoms with E-state index in [1.165, 1.54) is 4.68 Å². The van der Waals surface area contributed by atoms with Crippen molar-refractivity contribution in [2.45, 2.75) is 38.8 Å². The Kier molecular flexibility index (Phi) is 5.76. The van der Waals surface area contributed by atoms with Gasteiger partial charge in [-0.3, -0.25) is 14.5 Å². The second kappa shape index (κ2) is 8.61. The number of furan rings is 1. The number of piperidine rings is 1. The lowest BCUT2D eigenvalue weighted by Crippen LogP contribution is -2.48. The van der Waals surface area contributed by atoms with E-state index in [9.17, 15) is 9.59 Å². The number of para-hydroxylation sites is 1. The monoisotopic (exact) mass is 394 g/mol. The summed E-state index contributed by atoms with van der Waals surface area (Å²) in [6.07, 6.45) is 3.30. The maximum absolute atomic E-state index is 12.5. The van der Waals surface area contributed by atoms with Crippen molar-refractivity contribution < 1.29 is 9.21 Å². The van der Waals surface area contributed by atoms with Gasteiger partial charge in [-0.1, -0.05) is 24.6 Å². The van der Waals surface area contributed by atoms with Crippen LogP contribution < -0.4 is 10.9 Å². The SMILES string of the molecule is Cc1ccc(=O)n(CCN2CCCCC2CNC(=O)c2cc3ccccc3o2)n1. The van der Waals surface area contributed by atoms with Gasteiger partial charge in [-0.05, 0) is 44.5 Å². The predicted octanol–water partition coefficient (Wildman–Crippen LogP) is 2.58. The summed E-state index contributed by atoms with van der Waals surface area (Å²) in [5.41, 5.74) is 1.47. The number of aryl methyl sites for hydroxylation is 1. The van der Waals surface area contributed by atoms with Crippen molar-refractivity contribution >= 4 is 16.9 Å². The van der Waals surface area contributed by atoms with Gasteiger partial charge in [-0.2, -0.15) is 5.10 Å². The van der Waals surface area contributed by atoms with Crippen LogP contribution in [0, 0.1) is 6.92 Å². The molecule has 1 amide bonds. The van der Waals surface area contributed by atoms with Gasteiger partial charge in [0.05, 0.1) is 12.2 Å². The smallest absolute Gasteiger partial charge is 0.287 e. The first-order valence-electron chi connectivity index (χ1n) is 10.2. The quantitative estimate of drug-likeness (QED) is 0.695. The number of carbonyl (C=O) groups excluding carboxylic acids is 1. The van der Waals surface area contributed by atoms with Crippen molar-refractivity contribution in [1.82, 2.24) is 20.0 Å². The number of amides is 1. The number of hydrogen-bond acceptors (Lipinski definition) is 5. The fraction of sp³-hybridized carbons (Fsp3) is 0.409. The molecule has 0 saturated carbocycles. The Morgan fingerprint density at radius 1 is 1.21 bits per heavy atom. The Morgan fingerprint density at radius 3 is 2.93 bits per heavy atom. The minimum absolute atomic E-state index is 0.0812. The van der Waals surface area contributed by atoms with Gasteiger partial charge >= 0.3 is 0 Å². The summed E-state index contributed by atoms with van der Waals surface area (Å²) in [6, 6.07) is 12.9. The molecule has 3 aromatic rings. The van der Waals surface area contributed by atoms with Gasteiger partial charge in [0.2, 0.25) is 0 Å². The van der Waals surface area contributed by atoms with Gasteiger partial charge < -0.3 is 9.73 Å². The topological polar surface area (TPSA) is 80.4 Å². The normalized spacial score (nSPS) is 17.5. The van der Waals surface area contributed by atoms with E-state index >= 15 is 0 Å². The number of fused-ring (bicyclic) bond motifs is 1. The van der Waals surface area contributed by atoms with Gasteiger partial charge in [-0.15, -0.1) is 0 Å². The van der Waals surface area contributed by atoms with E-state index in [4.69, 9.17) is 4.42 Å². The molecule has 29 heavy (non-hydrogen) atoms. The molecular weight excluding hydrogens is 368 g/mol. The standard InChI is InChI=1S/C22H26N4O3/c1-16-9-10-21(27)26(24-16)13-12-25-11-5-4-7-18(25)15-23-22(28)20-14-17-6-2-3-8-19(17)29-20/h2-3,6,8-10,14,18H,4-5,7,11-13,15H2,1H3,(H,23,28). The molecule has 7 nitrogen and oxygen atoms in total. The van der Waals surface area contributed by atoms with Crippen molar-refractivity contribution in [3.8, 4) is 0 Å². The van der Waals surface area contributed by atoms with Crippen molar-refractivity contribution in [1.29, 1.82) is 0 Å². The van der Waals surface area contributed by atoms with Gasteiger partial charge in [-0.25, -0.2) is 4.68 Å². The zero-order chi connectivity index (χ0) is 20.2. The van der Waals surface area contributed by atoms with Crippen molar-refractivity contribution in [2.24, 2.45) is 0 Å². The molecule has 0 aliphatic carbocycles. The van der Waals surface area contributed by atoms with Crippen molar-refractivity contribution in [3.05, 3.63) is 64.3 Å². The van der Waals surface area contributed by atoms with Gasteiger partial charge in [0.25, 0.3) is 11.5 Å². The second-order valence-electron chi connectivity index (χ2n) is 7.58. The van der Waals surface area contributed by atoms with E-state index in [0.717, 1.165) is 43.4 Å². The molecule has 0 radical (unpaired) electrons. The minimum Gasteiger partial charge on any atom is -0.451 e. The third kappa shape index (κ3) is 4.56. The van der Waals surface area contributed by atoms with Crippen molar-refractivity contribution in [2.75, 3.05) is 19.6 Å². The number of aromatic nitrogens is 2. The summed E-state index contributed by atoms with van der Waals surface area (Å²) < 4.78 is 7.18. The summed E-state index contributed by atoms with van der Waals surface area (Å²) in [6.45, 7) is 4.70. The largest absolute Gasteiger partial charge is 0.451 e. The lowest BCUT2D eigenvalue weighted by molar-refractivity contribution is 0.0884. The Bertz CT molecular complexity index is 1020. The molecule has 1 atom stereocenters. The van der Waals surface area contributed by atoms with Crippen LogP contribution in [0.15, 0.2) is 51.7 Å². The van der Waals surface area contributed by atoms with Crippen LogP contribution in [0.4, 0.5) is 0 Å². The fourth-order valence-electron chi connectivity index (χ4n) is 3.91. The average Bonchev–Trinajstić information content (AvgIpc) is 3.17. The summed E-state index contributed by atoms with van der Waals surface area (Å²) in [7, 11) is 0. The molecule has 2 aromatic heterocycles. The molecule has 1 fully saturated rings. The lowest BCUT2D eigenvalue weighted by Gasteiger charge is -2.35. The first kappa shape index (κ1) is 19.4. The third-order valence-electron chi connectivity index (χ3n) is 5.50. The molecule has 1 aliphatic rings. The molecule has 1 N–H and O–H groups in total. The molecule has 4 rings (SSSR count). The minimum atomic E-state index is -0.191. The Balaban J connectivity index is 1.36. The number of hydrogen-bond donors (Lipinski definition) is 1. The molecule has 1 aromatic carbocycles. The lowest BCUT2D eigenvalue weighted by atomic mass is 10.0. The highest BCUT2D eigenvalue weighted by Crippen LogP contribution is 2.19. The number of benzene rings is 1. The predicted molar refractivity (Wildman–Crippen MR) is 111 cm³/mol. The molecule has 152 valence electrons. The van der Waals surface area contributed by atoms with Crippen molar-refractivity contribution in [3.63, 3.8) is 0 Å². The van der Waals surface area contributed by atoms with Gasteiger partial charge in [0.1, 0.15) is 5.58 Å². The van der Waals surface area contributed by atoms with Crippen LogP contribution in [0.2, 0.25) is 0 Å². The fourth-order valence-corrected chi connectivity index (χ4v) is 3.91. The van der Waals surface area contributed by atoms with E-state index in [2.05, 4.69) is 15.3 Å². The Hall–Kier alpha value is -2.93. The van der Waals surface area contributed by atoms with Crippen LogP contribution in [0.25, 0.3) is 11.0 Å².